The molecule has 0 aliphatic heterocycles. The molecule has 1 aliphatic rings. The summed E-state index contributed by atoms with van der Waals surface area (Å²) in [5.41, 5.74) is 5.16. The van der Waals surface area contributed by atoms with E-state index < -0.39 is 17.2 Å². The fourth-order valence-electron chi connectivity index (χ4n) is 2.01. The second-order valence-corrected chi connectivity index (χ2v) is 4.51. The molecule has 1 aromatic carbocycles. The van der Waals surface area contributed by atoms with Gasteiger partial charge in [-0.15, -0.1) is 0 Å². The molecule has 1 aliphatic carbocycles. The van der Waals surface area contributed by atoms with Gasteiger partial charge in [-0.2, -0.15) is 0 Å². The van der Waals surface area contributed by atoms with Crippen molar-refractivity contribution < 1.29 is 13.9 Å². The van der Waals surface area contributed by atoms with Crippen LogP contribution < -0.4 is 5.73 Å². The van der Waals surface area contributed by atoms with Crippen molar-refractivity contribution in [3.63, 3.8) is 0 Å². The van der Waals surface area contributed by atoms with E-state index in [1.165, 1.54) is 6.07 Å². The highest BCUT2D eigenvalue weighted by molar-refractivity contribution is 5.21. The van der Waals surface area contributed by atoms with Crippen LogP contribution in [0.25, 0.3) is 0 Å². The van der Waals surface area contributed by atoms with Crippen LogP contribution in [0.1, 0.15) is 18.4 Å². The van der Waals surface area contributed by atoms with E-state index in [0.29, 0.717) is 5.56 Å². The number of rotatable bonds is 4. The molecule has 88 valence electrons. The van der Waals surface area contributed by atoms with Crippen LogP contribution in [0.4, 0.5) is 8.78 Å². The van der Waals surface area contributed by atoms with Gasteiger partial charge in [0.1, 0.15) is 0 Å². The molecule has 0 bridgehead atoms. The summed E-state index contributed by atoms with van der Waals surface area (Å²) >= 11 is 0. The van der Waals surface area contributed by atoms with Crippen LogP contribution in [-0.4, -0.2) is 17.3 Å². The van der Waals surface area contributed by atoms with Crippen LogP contribution in [0.2, 0.25) is 0 Å². The zero-order chi connectivity index (χ0) is 11.8. The van der Waals surface area contributed by atoms with Crippen LogP contribution in [0.5, 0.6) is 0 Å². The summed E-state index contributed by atoms with van der Waals surface area (Å²) in [5, 5.41) is 10.2. The first-order chi connectivity index (χ1) is 7.55. The molecule has 1 fully saturated rings. The maximum atomic E-state index is 13.0. The third-order valence-corrected chi connectivity index (χ3v) is 3.19. The minimum atomic E-state index is -0.968. The van der Waals surface area contributed by atoms with Gasteiger partial charge in [-0.1, -0.05) is 6.07 Å². The third-order valence-electron chi connectivity index (χ3n) is 3.19. The van der Waals surface area contributed by atoms with Gasteiger partial charge in [0.2, 0.25) is 0 Å². The van der Waals surface area contributed by atoms with Crippen LogP contribution in [0.3, 0.4) is 0 Å². The number of aliphatic hydroxyl groups is 1. The fraction of sp³-hybridized carbons (Fsp3) is 0.500. The predicted octanol–water partition coefficient (Wildman–Crippen LogP) is 1.61. The van der Waals surface area contributed by atoms with Crippen LogP contribution >= 0.6 is 0 Å². The zero-order valence-corrected chi connectivity index (χ0v) is 8.92. The number of hydrogen-bond donors (Lipinski definition) is 2. The second kappa shape index (κ2) is 4.11. The van der Waals surface area contributed by atoms with Crippen molar-refractivity contribution in [2.45, 2.75) is 24.9 Å². The first-order valence-electron chi connectivity index (χ1n) is 5.41. The van der Waals surface area contributed by atoms with Gasteiger partial charge in [0.05, 0.1) is 5.60 Å². The maximum Gasteiger partial charge on any atom is 0.159 e. The lowest BCUT2D eigenvalue weighted by Gasteiger charge is -2.26. The summed E-state index contributed by atoms with van der Waals surface area (Å²) in [7, 11) is 0. The summed E-state index contributed by atoms with van der Waals surface area (Å²) in [6.07, 6.45) is 2.19. The highest BCUT2D eigenvalue weighted by atomic mass is 19.2. The molecule has 16 heavy (non-hydrogen) atoms. The Hall–Kier alpha value is -1.00. The van der Waals surface area contributed by atoms with Gasteiger partial charge in [0.15, 0.2) is 11.6 Å². The molecule has 1 aromatic rings. The van der Waals surface area contributed by atoms with Gasteiger partial charge in [-0.3, -0.25) is 0 Å². The number of benzene rings is 1. The molecule has 0 aromatic heterocycles. The van der Waals surface area contributed by atoms with Gasteiger partial charge < -0.3 is 10.8 Å². The first-order valence-corrected chi connectivity index (χ1v) is 5.41. The molecule has 4 heteroatoms. The number of halogens is 2. The van der Waals surface area contributed by atoms with E-state index in [-0.39, 0.29) is 18.9 Å². The number of hydrogen-bond acceptors (Lipinski definition) is 2. The lowest BCUT2D eigenvalue weighted by Crippen LogP contribution is -2.42. The normalized spacial score (nSPS) is 19.5. The summed E-state index contributed by atoms with van der Waals surface area (Å²) < 4.78 is 25.7. The van der Waals surface area contributed by atoms with E-state index in [9.17, 15) is 13.9 Å². The van der Waals surface area contributed by atoms with Crippen molar-refractivity contribution in [3.8, 4) is 0 Å². The average Bonchev–Trinajstić information content (AvgIpc) is 3.07. The van der Waals surface area contributed by atoms with Gasteiger partial charge in [-0.05, 0) is 36.5 Å². The Morgan fingerprint density at radius 1 is 1.31 bits per heavy atom. The third kappa shape index (κ3) is 2.23. The topological polar surface area (TPSA) is 46.2 Å². The molecule has 0 spiro atoms. The van der Waals surface area contributed by atoms with Crippen LogP contribution in [0, 0.1) is 17.6 Å². The highest BCUT2D eigenvalue weighted by Gasteiger charge is 2.42. The summed E-state index contributed by atoms with van der Waals surface area (Å²) in [4.78, 5) is 0. The molecule has 0 radical (unpaired) electrons. The average molecular weight is 227 g/mol. The minimum Gasteiger partial charge on any atom is -0.388 e. The van der Waals surface area contributed by atoms with E-state index in [0.717, 1.165) is 25.0 Å². The predicted molar refractivity (Wildman–Crippen MR) is 56.8 cm³/mol. The Morgan fingerprint density at radius 3 is 2.50 bits per heavy atom. The summed E-state index contributed by atoms with van der Waals surface area (Å²) in [6, 6.07) is 3.69. The zero-order valence-electron chi connectivity index (χ0n) is 8.92. The van der Waals surface area contributed by atoms with Crippen molar-refractivity contribution in [1.29, 1.82) is 0 Å². The minimum absolute atomic E-state index is 0.149. The van der Waals surface area contributed by atoms with Crippen molar-refractivity contribution in [2.24, 2.45) is 11.7 Å². The molecule has 0 saturated heterocycles. The molecule has 2 rings (SSSR count). The first kappa shape index (κ1) is 11.5. The number of nitrogens with two attached hydrogens (primary N) is 1. The second-order valence-electron chi connectivity index (χ2n) is 4.51. The fourth-order valence-corrected chi connectivity index (χ4v) is 2.01. The Kier molecular flexibility index (Phi) is 2.95. The monoisotopic (exact) mass is 227 g/mol. The lowest BCUT2D eigenvalue weighted by molar-refractivity contribution is 0.0266. The van der Waals surface area contributed by atoms with Gasteiger partial charge in [-0.25, -0.2) is 8.78 Å². The molecule has 0 amide bonds. The Bertz CT molecular complexity index is 393. The van der Waals surface area contributed by atoms with E-state index in [1.807, 2.05) is 0 Å². The summed E-state index contributed by atoms with van der Waals surface area (Å²) in [6.45, 7) is 0.149. The molecular formula is C12H15F2NO. The van der Waals surface area contributed by atoms with E-state index >= 15 is 0 Å². The Balaban J connectivity index is 2.15. The van der Waals surface area contributed by atoms with E-state index in [2.05, 4.69) is 0 Å². The molecular weight excluding hydrogens is 212 g/mol. The molecule has 0 heterocycles. The Morgan fingerprint density at radius 2 is 2.00 bits per heavy atom. The van der Waals surface area contributed by atoms with Crippen molar-refractivity contribution >= 4 is 0 Å². The van der Waals surface area contributed by atoms with Gasteiger partial charge >= 0.3 is 0 Å². The van der Waals surface area contributed by atoms with Crippen LogP contribution in [0.15, 0.2) is 18.2 Å². The molecule has 2 nitrogen and oxygen atoms in total. The van der Waals surface area contributed by atoms with Crippen LogP contribution in [-0.2, 0) is 6.42 Å². The lowest BCUT2D eigenvalue weighted by atomic mass is 9.90. The SMILES string of the molecule is NCC(O)(Cc1ccc(F)c(F)c1)C1CC1. The molecule has 1 unspecified atom stereocenters. The molecule has 1 saturated carbocycles. The van der Waals surface area contributed by atoms with E-state index in [1.54, 1.807) is 0 Å². The largest absolute Gasteiger partial charge is 0.388 e. The summed E-state index contributed by atoms with van der Waals surface area (Å²) in [5.74, 6) is -1.55. The highest BCUT2D eigenvalue weighted by Crippen LogP contribution is 2.41. The Labute approximate surface area is 93.1 Å². The molecule has 3 N–H and O–H groups in total. The van der Waals surface area contributed by atoms with Crippen molar-refractivity contribution in [3.05, 3.63) is 35.4 Å². The van der Waals surface area contributed by atoms with Gasteiger partial charge in [0.25, 0.3) is 0 Å². The maximum absolute atomic E-state index is 13.0. The smallest absolute Gasteiger partial charge is 0.159 e. The van der Waals surface area contributed by atoms with Gasteiger partial charge in [0, 0.05) is 13.0 Å². The molecule has 1 atom stereocenters. The van der Waals surface area contributed by atoms with E-state index in [4.69, 9.17) is 5.73 Å². The van der Waals surface area contributed by atoms with Crippen molar-refractivity contribution in [2.75, 3.05) is 6.54 Å². The van der Waals surface area contributed by atoms with Crippen molar-refractivity contribution in [1.82, 2.24) is 0 Å². The standard InChI is InChI=1S/C12H15F2NO/c13-10-4-1-8(5-11(10)14)6-12(16,7-15)9-2-3-9/h1,4-5,9,16H,2-3,6-7,15H2. The quantitative estimate of drug-likeness (QED) is 0.820.